The van der Waals surface area contributed by atoms with Crippen LogP contribution >= 0.6 is 0 Å². The molecule has 0 aliphatic heterocycles. The highest BCUT2D eigenvalue weighted by molar-refractivity contribution is 4.88. The first-order valence-corrected chi connectivity index (χ1v) is 6.29. The van der Waals surface area contributed by atoms with Crippen LogP contribution in [0.1, 0.15) is 38.1 Å². The summed E-state index contributed by atoms with van der Waals surface area (Å²) >= 11 is 0. The minimum absolute atomic E-state index is 0.476. The number of hydrogen-bond donors (Lipinski definition) is 1. The zero-order chi connectivity index (χ0) is 12.1. The summed E-state index contributed by atoms with van der Waals surface area (Å²) in [5, 5.41) is 15.3. The lowest BCUT2D eigenvalue weighted by Gasteiger charge is -2.16. The minimum atomic E-state index is 0.476. The Kier molecular flexibility index (Phi) is 4.44. The van der Waals surface area contributed by atoms with Gasteiger partial charge >= 0.3 is 0 Å². The summed E-state index contributed by atoms with van der Waals surface area (Å²) in [6.07, 6.45) is 3.75. The molecule has 17 heavy (non-hydrogen) atoms. The summed E-state index contributed by atoms with van der Waals surface area (Å²) in [6, 6.07) is 0.476. The van der Waals surface area contributed by atoms with Crippen LogP contribution in [-0.4, -0.2) is 40.5 Å². The summed E-state index contributed by atoms with van der Waals surface area (Å²) in [5.74, 6) is 1.61. The largest absolute Gasteiger partial charge is 0.383 e. The van der Waals surface area contributed by atoms with Crippen LogP contribution < -0.4 is 5.32 Å². The number of nitrogens with one attached hydrogen (secondary N) is 1. The Morgan fingerprint density at radius 3 is 3.06 bits per heavy atom. The highest BCUT2D eigenvalue weighted by atomic mass is 16.5. The molecule has 2 rings (SSSR count). The van der Waals surface area contributed by atoms with Crippen LogP contribution in [0.15, 0.2) is 0 Å². The molecule has 6 nitrogen and oxygen atoms in total. The van der Waals surface area contributed by atoms with Crippen molar-refractivity contribution in [2.24, 2.45) is 5.92 Å². The SMILES string of the molecule is COCCNCc1nnnn1C1CCCC1C. The molecule has 2 atom stereocenters. The lowest BCUT2D eigenvalue weighted by molar-refractivity contribution is 0.198. The maximum absolute atomic E-state index is 4.99. The molecule has 2 unspecified atom stereocenters. The third-order valence-electron chi connectivity index (χ3n) is 3.46. The summed E-state index contributed by atoms with van der Waals surface area (Å²) in [4.78, 5) is 0. The molecule has 1 heterocycles. The maximum atomic E-state index is 4.99. The van der Waals surface area contributed by atoms with Gasteiger partial charge in [0.15, 0.2) is 5.82 Å². The van der Waals surface area contributed by atoms with Gasteiger partial charge in [-0.3, -0.25) is 0 Å². The molecule has 0 spiro atoms. The van der Waals surface area contributed by atoms with Gasteiger partial charge in [0.1, 0.15) is 0 Å². The van der Waals surface area contributed by atoms with Crippen molar-refractivity contribution >= 4 is 0 Å². The van der Waals surface area contributed by atoms with E-state index in [4.69, 9.17) is 4.74 Å². The van der Waals surface area contributed by atoms with Crippen molar-refractivity contribution in [2.75, 3.05) is 20.3 Å². The molecule has 1 fully saturated rings. The van der Waals surface area contributed by atoms with E-state index in [2.05, 4.69) is 27.8 Å². The van der Waals surface area contributed by atoms with Gasteiger partial charge in [0, 0.05) is 13.7 Å². The van der Waals surface area contributed by atoms with Gasteiger partial charge in [0.25, 0.3) is 0 Å². The number of nitrogens with zero attached hydrogens (tertiary/aromatic N) is 4. The first-order valence-electron chi connectivity index (χ1n) is 6.29. The Balaban J connectivity index is 1.92. The van der Waals surface area contributed by atoms with Crippen molar-refractivity contribution in [1.29, 1.82) is 0 Å². The molecule has 1 aliphatic rings. The van der Waals surface area contributed by atoms with E-state index in [9.17, 15) is 0 Å². The van der Waals surface area contributed by atoms with Gasteiger partial charge < -0.3 is 10.1 Å². The predicted molar refractivity (Wildman–Crippen MR) is 63.5 cm³/mol. The van der Waals surface area contributed by atoms with Crippen LogP contribution in [0.25, 0.3) is 0 Å². The third kappa shape index (κ3) is 3.01. The van der Waals surface area contributed by atoms with Crippen LogP contribution in [0.4, 0.5) is 0 Å². The Hall–Kier alpha value is -1.01. The second-order valence-electron chi connectivity index (χ2n) is 4.68. The van der Waals surface area contributed by atoms with Crippen LogP contribution in [-0.2, 0) is 11.3 Å². The Morgan fingerprint density at radius 1 is 1.47 bits per heavy atom. The topological polar surface area (TPSA) is 64.9 Å². The summed E-state index contributed by atoms with van der Waals surface area (Å²) < 4.78 is 6.98. The lowest BCUT2D eigenvalue weighted by Crippen LogP contribution is -2.23. The van der Waals surface area contributed by atoms with Gasteiger partial charge in [-0.25, -0.2) is 4.68 Å². The van der Waals surface area contributed by atoms with E-state index in [1.807, 2.05) is 4.68 Å². The van der Waals surface area contributed by atoms with Gasteiger partial charge in [-0.15, -0.1) is 5.10 Å². The number of ether oxygens (including phenoxy) is 1. The van der Waals surface area contributed by atoms with Crippen molar-refractivity contribution in [2.45, 2.75) is 38.8 Å². The molecule has 0 radical (unpaired) electrons. The average molecular weight is 239 g/mol. The fourth-order valence-electron chi connectivity index (χ4n) is 2.45. The molecule has 1 N–H and O–H groups in total. The van der Waals surface area contributed by atoms with Gasteiger partial charge in [-0.2, -0.15) is 0 Å². The van der Waals surface area contributed by atoms with Crippen molar-refractivity contribution in [3.63, 3.8) is 0 Å². The number of methoxy groups -OCH3 is 1. The van der Waals surface area contributed by atoms with Gasteiger partial charge in [-0.1, -0.05) is 13.3 Å². The van der Waals surface area contributed by atoms with Crippen LogP contribution in [0.5, 0.6) is 0 Å². The van der Waals surface area contributed by atoms with Gasteiger partial charge in [0.2, 0.25) is 0 Å². The second-order valence-corrected chi connectivity index (χ2v) is 4.68. The molecule has 1 aromatic rings. The molecule has 1 aliphatic carbocycles. The average Bonchev–Trinajstić information content (AvgIpc) is 2.93. The molecule has 0 saturated heterocycles. The van der Waals surface area contributed by atoms with Crippen LogP contribution in [0.2, 0.25) is 0 Å². The fourth-order valence-corrected chi connectivity index (χ4v) is 2.45. The zero-order valence-electron chi connectivity index (χ0n) is 10.6. The van der Waals surface area contributed by atoms with E-state index < -0.39 is 0 Å². The molecule has 6 heteroatoms. The molecule has 1 aromatic heterocycles. The molecule has 96 valence electrons. The first kappa shape index (κ1) is 12.4. The van der Waals surface area contributed by atoms with Gasteiger partial charge in [-0.05, 0) is 29.2 Å². The van der Waals surface area contributed by atoms with Crippen LogP contribution in [0, 0.1) is 5.92 Å². The van der Waals surface area contributed by atoms with Crippen molar-refractivity contribution in [3.05, 3.63) is 5.82 Å². The summed E-state index contributed by atoms with van der Waals surface area (Å²) in [6.45, 7) is 4.52. The lowest BCUT2D eigenvalue weighted by atomic mass is 10.1. The molecule has 0 aromatic carbocycles. The quantitative estimate of drug-likeness (QED) is 0.743. The monoisotopic (exact) mass is 239 g/mol. The third-order valence-corrected chi connectivity index (χ3v) is 3.46. The number of hydrogen-bond acceptors (Lipinski definition) is 5. The van der Waals surface area contributed by atoms with E-state index in [0.717, 1.165) is 12.4 Å². The fraction of sp³-hybridized carbons (Fsp3) is 0.909. The van der Waals surface area contributed by atoms with E-state index >= 15 is 0 Å². The molecule has 0 bridgehead atoms. The molecule has 0 amide bonds. The number of aromatic nitrogens is 4. The Bertz CT molecular complexity index is 340. The highest BCUT2D eigenvalue weighted by Crippen LogP contribution is 2.34. The zero-order valence-corrected chi connectivity index (χ0v) is 10.6. The van der Waals surface area contributed by atoms with Crippen molar-refractivity contribution in [3.8, 4) is 0 Å². The Morgan fingerprint density at radius 2 is 2.35 bits per heavy atom. The molecular weight excluding hydrogens is 218 g/mol. The highest BCUT2D eigenvalue weighted by Gasteiger charge is 2.27. The van der Waals surface area contributed by atoms with Crippen molar-refractivity contribution < 1.29 is 4.74 Å². The van der Waals surface area contributed by atoms with E-state index in [1.165, 1.54) is 19.3 Å². The molecular formula is C11H21N5O. The number of rotatable bonds is 6. The van der Waals surface area contributed by atoms with Crippen molar-refractivity contribution in [1.82, 2.24) is 25.5 Å². The van der Waals surface area contributed by atoms with E-state index in [0.29, 0.717) is 25.1 Å². The van der Waals surface area contributed by atoms with E-state index in [-0.39, 0.29) is 0 Å². The van der Waals surface area contributed by atoms with Crippen LogP contribution in [0.3, 0.4) is 0 Å². The van der Waals surface area contributed by atoms with Gasteiger partial charge in [0.05, 0.1) is 19.2 Å². The summed E-state index contributed by atoms with van der Waals surface area (Å²) in [7, 11) is 1.70. The maximum Gasteiger partial charge on any atom is 0.165 e. The van der Waals surface area contributed by atoms with E-state index in [1.54, 1.807) is 7.11 Å². The second kappa shape index (κ2) is 6.07. The first-order chi connectivity index (χ1) is 8.33. The predicted octanol–water partition coefficient (Wildman–Crippen LogP) is 0.770. The normalized spacial score (nSPS) is 24.4. The summed E-state index contributed by atoms with van der Waals surface area (Å²) in [5.41, 5.74) is 0. The molecule has 1 saturated carbocycles. The number of tetrazole rings is 1. The smallest absolute Gasteiger partial charge is 0.165 e. The minimum Gasteiger partial charge on any atom is -0.383 e. The standard InChI is InChI=1S/C11H21N5O/c1-9-4-3-5-10(9)16-11(13-14-15-16)8-12-6-7-17-2/h9-10,12H,3-8H2,1-2H3. The Labute approximate surface area is 102 Å².